The molecule has 0 amide bonds. The highest BCUT2D eigenvalue weighted by Crippen LogP contribution is 2.33. The lowest BCUT2D eigenvalue weighted by Gasteiger charge is -2.17. The molecule has 0 atom stereocenters. The molecule has 1 N–H and O–H groups in total. The summed E-state index contributed by atoms with van der Waals surface area (Å²) in [5.41, 5.74) is 3.48. The largest absolute Gasteiger partial charge is 0.496 e. The van der Waals surface area contributed by atoms with Gasteiger partial charge in [-0.15, -0.1) is 12.4 Å². The Hall–Kier alpha value is -1.91. The maximum absolute atomic E-state index is 5.58. The monoisotopic (exact) mass is 379 g/mol. The molecule has 2 aromatic carbocycles. The SMILES string of the molecule is COc1cc(C(C)C)c(OC)cc1CCNCc1ccccc1OC.Cl. The van der Waals surface area contributed by atoms with Crippen LogP contribution in [0.4, 0.5) is 0 Å². The van der Waals surface area contributed by atoms with Crippen molar-refractivity contribution in [3.05, 3.63) is 53.1 Å². The summed E-state index contributed by atoms with van der Waals surface area (Å²) in [6.07, 6.45) is 0.868. The lowest BCUT2D eigenvalue weighted by molar-refractivity contribution is 0.392. The molecule has 2 rings (SSSR count). The van der Waals surface area contributed by atoms with E-state index in [0.29, 0.717) is 5.92 Å². The molecule has 144 valence electrons. The average Bonchev–Trinajstić information content (AvgIpc) is 2.64. The van der Waals surface area contributed by atoms with Gasteiger partial charge in [-0.3, -0.25) is 0 Å². The van der Waals surface area contributed by atoms with Crippen molar-refractivity contribution in [3.63, 3.8) is 0 Å². The molecule has 0 saturated heterocycles. The van der Waals surface area contributed by atoms with Gasteiger partial charge in [-0.2, -0.15) is 0 Å². The van der Waals surface area contributed by atoms with Crippen LogP contribution in [0.1, 0.15) is 36.5 Å². The molecule has 0 saturated carbocycles. The fourth-order valence-corrected chi connectivity index (χ4v) is 2.93. The number of hydrogen-bond acceptors (Lipinski definition) is 4. The molecule has 0 spiro atoms. The Kier molecular flexibility index (Phi) is 9.31. The van der Waals surface area contributed by atoms with E-state index in [9.17, 15) is 0 Å². The Morgan fingerprint density at radius 1 is 0.846 bits per heavy atom. The zero-order valence-electron chi connectivity index (χ0n) is 16.3. The lowest BCUT2D eigenvalue weighted by Crippen LogP contribution is -2.17. The van der Waals surface area contributed by atoms with E-state index in [4.69, 9.17) is 14.2 Å². The highest BCUT2D eigenvalue weighted by atomic mass is 35.5. The quantitative estimate of drug-likeness (QED) is 0.647. The minimum Gasteiger partial charge on any atom is -0.496 e. The summed E-state index contributed by atoms with van der Waals surface area (Å²) in [6, 6.07) is 12.3. The summed E-state index contributed by atoms with van der Waals surface area (Å²) in [5.74, 6) is 3.15. The van der Waals surface area contributed by atoms with Gasteiger partial charge in [-0.25, -0.2) is 0 Å². The number of nitrogens with one attached hydrogen (secondary N) is 1. The van der Waals surface area contributed by atoms with Gasteiger partial charge in [0, 0.05) is 17.7 Å². The van der Waals surface area contributed by atoms with Gasteiger partial charge in [0.1, 0.15) is 17.2 Å². The molecule has 5 heteroatoms. The van der Waals surface area contributed by atoms with Crippen molar-refractivity contribution in [2.45, 2.75) is 32.7 Å². The van der Waals surface area contributed by atoms with Crippen LogP contribution in [0.5, 0.6) is 17.2 Å². The van der Waals surface area contributed by atoms with E-state index in [-0.39, 0.29) is 12.4 Å². The van der Waals surface area contributed by atoms with Crippen molar-refractivity contribution >= 4 is 12.4 Å². The first-order chi connectivity index (χ1) is 12.1. The van der Waals surface area contributed by atoms with Gasteiger partial charge in [0.05, 0.1) is 21.3 Å². The third kappa shape index (κ3) is 5.55. The zero-order chi connectivity index (χ0) is 18.2. The van der Waals surface area contributed by atoms with Crippen LogP contribution in [0.2, 0.25) is 0 Å². The zero-order valence-corrected chi connectivity index (χ0v) is 17.1. The summed E-state index contributed by atoms with van der Waals surface area (Å²) >= 11 is 0. The number of methoxy groups -OCH3 is 3. The van der Waals surface area contributed by atoms with Crippen LogP contribution in [0, 0.1) is 0 Å². The number of benzene rings is 2. The minimum atomic E-state index is 0. The number of rotatable bonds is 9. The van der Waals surface area contributed by atoms with Gasteiger partial charge < -0.3 is 19.5 Å². The summed E-state index contributed by atoms with van der Waals surface area (Å²) in [5, 5.41) is 3.47. The van der Waals surface area contributed by atoms with Gasteiger partial charge in [-0.05, 0) is 42.6 Å². The van der Waals surface area contributed by atoms with Crippen LogP contribution in [0.3, 0.4) is 0 Å². The van der Waals surface area contributed by atoms with Crippen LogP contribution < -0.4 is 19.5 Å². The summed E-state index contributed by atoms with van der Waals surface area (Å²) in [4.78, 5) is 0. The molecule has 0 aliphatic rings. The van der Waals surface area contributed by atoms with Gasteiger partial charge in [0.15, 0.2) is 0 Å². The molecule has 0 aromatic heterocycles. The predicted octanol–water partition coefficient (Wildman–Crippen LogP) is 4.59. The third-order valence-electron chi connectivity index (χ3n) is 4.33. The molecular weight excluding hydrogens is 350 g/mol. The van der Waals surface area contributed by atoms with Gasteiger partial charge in [-0.1, -0.05) is 32.0 Å². The molecular formula is C21H30ClNO3. The highest BCUT2D eigenvalue weighted by molar-refractivity contribution is 5.85. The Morgan fingerprint density at radius 2 is 1.50 bits per heavy atom. The van der Waals surface area contributed by atoms with E-state index in [0.717, 1.165) is 47.9 Å². The smallest absolute Gasteiger partial charge is 0.123 e. The second-order valence-electron chi connectivity index (χ2n) is 6.30. The lowest BCUT2D eigenvalue weighted by atomic mass is 9.98. The van der Waals surface area contributed by atoms with E-state index in [2.05, 4.69) is 37.4 Å². The first-order valence-electron chi connectivity index (χ1n) is 8.68. The Balaban J connectivity index is 0.00000338. The average molecular weight is 380 g/mol. The normalized spacial score (nSPS) is 10.4. The van der Waals surface area contributed by atoms with Crippen molar-refractivity contribution in [3.8, 4) is 17.2 Å². The van der Waals surface area contributed by atoms with Crippen molar-refractivity contribution in [1.82, 2.24) is 5.32 Å². The standard InChI is InChI=1S/C21H29NO3.ClH/c1-15(2)18-13-20(24-4)16(12-21(18)25-5)10-11-22-14-17-8-6-7-9-19(17)23-3;/h6-9,12-13,15,22H,10-11,14H2,1-5H3;1H. The number of ether oxygens (including phenoxy) is 3. The second-order valence-corrected chi connectivity index (χ2v) is 6.30. The Morgan fingerprint density at radius 3 is 2.12 bits per heavy atom. The molecule has 0 aliphatic carbocycles. The Labute approximate surface area is 163 Å². The first kappa shape index (κ1) is 22.1. The number of halogens is 1. The predicted molar refractivity (Wildman–Crippen MR) is 109 cm³/mol. The van der Waals surface area contributed by atoms with Crippen LogP contribution in [-0.4, -0.2) is 27.9 Å². The van der Waals surface area contributed by atoms with Gasteiger partial charge >= 0.3 is 0 Å². The summed E-state index contributed by atoms with van der Waals surface area (Å²) in [7, 11) is 5.14. The van der Waals surface area contributed by atoms with Crippen LogP contribution in [0.25, 0.3) is 0 Å². The van der Waals surface area contributed by atoms with Crippen LogP contribution in [-0.2, 0) is 13.0 Å². The molecule has 0 fully saturated rings. The molecule has 4 nitrogen and oxygen atoms in total. The maximum atomic E-state index is 5.58. The molecule has 0 unspecified atom stereocenters. The minimum absolute atomic E-state index is 0. The van der Waals surface area contributed by atoms with Crippen molar-refractivity contribution in [2.75, 3.05) is 27.9 Å². The highest BCUT2D eigenvalue weighted by Gasteiger charge is 2.13. The molecule has 0 bridgehead atoms. The number of para-hydroxylation sites is 1. The summed E-state index contributed by atoms with van der Waals surface area (Å²) < 4.78 is 16.5. The molecule has 0 heterocycles. The fourth-order valence-electron chi connectivity index (χ4n) is 2.93. The number of hydrogen-bond donors (Lipinski definition) is 1. The van der Waals surface area contributed by atoms with Gasteiger partial charge in [0.25, 0.3) is 0 Å². The van der Waals surface area contributed by atoms with Crippen molar-refractivity contribution in [1.29, 1.82) is 0 Å². The van der Waals surface area contributed by atoms with Crippen molar-refractivity contribution < 1.29 is 14.2 Å². The van der Waals surface area contributed by atoms with Crippen LogP contribution in [0.15, 0.2) is 36.4 Å². The molecule has 2 aromatic rings. The Bertz CT molecular complexity index is 689. The van der Waals surface area contributed by atoms with E-state index >= 15 is 0 Å². The van der Waals surface area contributed by atoms with E-state index < -0.39 is 0 Å². The fraction of sp³-hybridized carbons (Fsp3) is 0.429. The molecule has 0 aliphatic heterocycles. The van der Waals surface area contributed by atoms with E-state index in [1.165, 1.54) is 5.56 Å². The van der Waals surface area contributed by atoms with E-state index in [1.807, 2.05) is 18.2 Å². The van der Waals surface area contributed by atoms with Gasteiger partial charge in [0.2, 0.25) is 0 Å². The molecule has 26 heavy (non-hydrogen) atoms. The second kappa shape index (κ2) is 10.9. The van der Waals surface area contributed by atoms with E-state index in [1.54, 1.807) is 21.3 Å². The third-order valence-corrected chi connectivity index (χ3v) is 4.33. The topological polar surface area (TPSA) is 39.7 Å². The summed E-state index contributed by atoms with van der Waals surface area (Å²) in [6.45, 7) is 5.93. The van der Waals surface area contributed by atoms with Crippen LogP contribution >= 0.6 is 12.4 Å². The maximum Gasteiger partial charge on any atom is 0.123 e. The first-order valence-corrected chi connectivity index (χ1v) is 8.68. The molecule has 0 radical (unpaired) electrons. The van der Waals surface area contributed by atoms with Crippen molar-refractivity contribution in [2.24, 2.45) is 0 Å².